The normalized spacial score (nSPS) is 21.2. The summed E-state index contributed by atoms with van der Waals surface area (Å²) in [5.74, 6) is 0.822. The van der Waals surface area contributed by atoms with Crippen molar-refractivity contribution in [2.45, 2.75) is 37.5 Å². The predicted molar refractivity (Wildman–Crippen MR) is 64.7 cm³/mol. The first-order valence-electron chi connectivity index (χ1n) is 5.81. The lowest BCUT2D eigenvalue weighted by Crippen LogP contribution is -2.27. The first-order chi connectivity index (χ1) is 7.71. The van der Waals surface area contributed by atoms with Crippen LogP contribution >= 0.6 is 0 Å². The van der Waals surface area contributed by atoms with Gasteiger partial charge < -0.3 is 11.5 Å². The van der Waals surface area contributed by atoms with Gasteiger partial charge in [-0.15, -0.1) is 0 Å². The summed E-state index contributed by atoms with van der Waals surface area (Å²) in [5, 5.41) is 0. The van der Waals surface area contributed by atoms with Gasteiger partial charge in [-0.25, -0.2) is 4.98 Å². The third-order valence-corrected chi connectivity index (χ3v) is 3.85. The minimum absolute atomic E-state index is 0.190. The first kappa shape index (κ1) is 9.63. The largest absolute Gasteiger partial charge is 0.383 e. The number of hydrogen-bond donors (Lipinski definition) is 2. The van der Waals surface area contributed by atoms with E-state index in [-0.39, 0.29) is 5.41 Å². The van der Waals surface area contributed by atoms with E-state index >= 15 is 0 Å². The Hall–Kier alpha value is -1.58. The predicted octanol–water partition coefficient (Wildman–Crippen LogP) is 1.87. The minimum Gasteiger partial charge on any atom is -0.383 e. The van der Waals surface area contributed by atoms with Crippen molar-refractivity contribution in [1.29, 1.82) is 0 Å². The Balaban J connectivity index is 2.21. The number of rotatable bonds is 0. The van der Waals surface area contributed by atoms with Crippen LogP contribution in [0, 0.1) is 0 Å². The number of allylic oxidation sites excluding steroid dienone is 1. The molecule has 1 heterocycles. The highest BCUT2D eigenvalue weighted by Gasteiger charge is 2.39. The minimum atomic E-state index is 0.190. The number of nitrogen functional groups attached to an aromatic ring is 2. The Labute approximate surface area is 94.8 Å². The number of fused-ring (bicyclic) bond motifs is 2. The van der Waals surface area contributed by atoms with Crippen LogP contribution in [0.1, 0.15) is 43.4 Å². The van der Waals surface area contributed by atoms with Gasteiger partial charge in [0.15, 0.2) is 0 Å². The van der Waals surface area contributed by atoms with E-state index in [0.29, 0.717) is 11.8 Å². The van der Waals surface area contributed by atoms with Crippen LogP contribution in [-0.2, 0) is 5.41 Å². The molecule has 1 aromatic heterocycles. The molecule has 2 aliphatic carbocycles. The van der Waals surface area contributed by atoms with Crippen LogP contribution in [0.4, 0.5) is 11.8 Å². The molecule has 0 unspecified atom stereocenters. The molecule has 0 aromatic carbocycles. The van der Waals surface area contributed by atoms with Crippen molar-refractivity contribution in [3.8, 4) is 0 Å². The van der Waals surface area contributed by atoms with Crippen LogP contribution in [0.15, 0.2) is 6.08 Å². The fraction of sp³-hybridized carbons (Fsp3) is 0.500. The number of hydrogen-bond acceptors (Lipinski definition) is 4. The summed E-state index contributed by atoms with van der Waals surface area (Å²) in [5.41, 5.74) is 13.9. The first-order valence-corrected chi connectivity index (χ1v) is 5.81. The van der Waals surface area contributed by atoms with Gasteiger partial charge >= 0.3 is 0 Å². The zero-order valence-corrected chi connectivity index (χ0v) is 9.24. The molecule has 3 rings (SSSR count). The van der Waals surface area contributed by atoms with Crippen LogP contribution < -0.4 is 11.5 Å². The van der Waals surface area contributed by atoms with Gasteiger partial charge in [-0.1, -0.05) is 25.0 Å². The van der Waals surface area contributed by atoms with E-state index in [1.54, 1.807) is 0 Å². The van der Waals surface area contributed by atoms with Crippen LogP contribution in [0.5, 0.6) is 0 Å². The van der Waals surface area contributed by atoms with E-state index in [0.717, 1.165) is 17.7 Å². The highest BCUT2D eigenvalue weighted by atomic mass is 15.0. The van der Waals surface area contributed by atoms with Crippen molar-refractivity contribution in [2.75, 3.05) is 11.5 Å². The summed E-state index contributed by atoms with van der Waals surface area (Å²) in [6.07, 6.45) is 10.2. The molecule has 16 heavy (non-hydrogen) atoms. The van der Waals surface area contributed by atoms with Gasteiger partial charge in [0.05, 0.1) is 5.69 Å². The molecule has 0 amide bonds. The Kier molecular flexibility index (Phi) is 1.93. The molecule has 1 spiro atoms. The second-order valence-corrected chi connectivity index (χ2v) is 4.82. The lowest BCUT2D eigenvalue weighted by Gasteiger charge is -2.31. The Morgan fingerprint density at radius 3 is 2.62 bits per heavy atom. The Morgan fingerprint density at radius 1 is 1.12 bits per heavy atom. The van der Waals surface area contributed by atoms with Crippen LogP contribution in [0.25, 0.3) is 6.08 Å². The summed E-state index contributed by atoms with van der Waals surface area (Å²) in [4.78, 5) is 8.48. The standard InChI is InChI=1S/C12H16N4/c13-10-8-4-3-7-12(5-1-2-6-12)9(8)15-11(14)16-10/h3-4H,1-2,5-7H2,(H4,13,14,15,16). The molecule has 0 atom stereocenters. The number of nitrogens with zero attached hydrogens (tertiary/aromatic N) is 2. The molecule has 84 valence electrons. The zero-order chi connectivity index (χ0) is 11.2. The van der Waals surface area contributed by atoms with E-state index in [1.165, 1.54) is 25.7 Å². The average Bonchev–Trinajstić information content (AvgIpc) is 2.69. The van der Waals surface area contributed by atoms with Crippen molar-refractivity contribution in [1.82, 2.24) is 9.97 Å². The summed E-state index contributed by atoms with van der Waals surface area (Å²) in [6, 6.07) is 0. The number of aromatic nitrogens is 2. The highest BCUT2D eigenvalue weighted by Crippen LogP contribution is 2.47. The van der Waals surface area contributed by atoms with Crippen LogP contribution in [0.3, 0.4) is 0 Å². The number of nitrogens with two attached hydrogens (primary N) is 2. The molecule has 1 fully saturated rings. The quantitative estimate of drug-likeness (QED) is 0.694. The van der Waals surface area contributed by atoms with Gasteiger partial charge in [0.1, 0.15) is 5.82 Å². The molecule has 4 heteroatoms. The van der Waals surface area contributed by atoms with Gasteiger partial charge in [0, 0.05) is 11.0 Å². The second-order valence-electron chi connectivity index (χ2n) is 4.82. The van der Waals surface area contributed by atoms with Gasteiger partial charge in [-0.3, -0.25) is 0 Å². The maximum absolute atomic E-state index is 5.91. The molecule has 0 saturated heterocycles. The van der Waals surface area contributed by atoms with E-state index < -0.39 is 0 Å². The Bertz CT molecular complexity index is 458. The smallest absolute Gasteiger partial charge is 0.222 e. The van der Waals surface area contributed by atoms with Crippen LogP contribution in [0.2, 0.25) is 0 Å². The summed E-state index contributed by atoms with van der Waals surface area (Å²) in [6.45, 7) is 0. The maximum atomic E-state index is 5.91. The van der Waals surface area contributed by atoms with Crippen LogP contribution in [-0.4, -0.2) is 9.97 Å². The molecular weight excluding hydrogens is 200 g/mol. The van der Waals surface area contributed by atoms with Crippen molar-refractivity contribution in [2.24, 2.45) is 0 Å². The van der Waals surface area contributed by atoms with Gasteiger partial charge in [0.2, 0.25) is 5.95 Å². The summed E-state index contributed by atoms with van der Waals surface area (Å²) >= 11 is 0. The third-order valence-electron chi connectivity index (χ3n) is 3.85. The van der Waals surface area contributed by atoms with Gasteiger partial charge in [-0.05, 0) is 19.3 Å². The average molecular weight is 216 g/mol. The maximum Gasteiger partial charge on any atom is 0.222 e. The molecule has 1 saturated carbocycles. The third kappa shape index (κ3) is 1.22. The molecule has 4 N–H and O–H groups in total. The summed E-state index contributed by atoms with van der Waals surface area (Å²) < 4.78 is 0. The van der Waals surface area contributed by atoms with Gasteiger partial charge in [0.25, 0.3) is 0 Å². The highest BCUT2D eigenvalue weighted by molar-refractivity contribution is 5.68. The van der Waals surface area contributed by atoms with Crippen molar-refractivity contribution in [3.05, 3.63) is 17.3 Å². The van der Waals surface area contributed by atoms with E-state index in [1.807, 2.05) is 6.08 Å². The van der Waals surface area contributed by atoms with Crippen molar-refractivity contribution < 1.29 is 0 Å². The van der Waals surface area contributed by atoms with Crippen molar-refractivity contribution >= 4 is 17.8 Å². The Morgan fingerprint density at radius 2 is 1.88 bits per heavy atom. The fourth-order valence-corrected chi connectivity index (χ4v) is 3.07. The van der Waals surface area contributed by atoms with Crippen molar-refractivity contribution in [3.63, 3.8) is 0 Å². The molecule has 4 nitrogen and oxygen atoms in total. The zero-order valence-electron chi connectivity index (χ0n) is 9.24. The van der Waals surface area contributed by atoms with E-state index in [9.17, 15) is 0 Å². The lowest BCUT2D eigenvalue weighted by molar-refractivity contribution is 0.429. The second kappa shape index (κ2) is 3.20. The summed E-state index contributed by atoms with van der Waals surface area (Å²) in [7, 11) is 0. The molecular formula is C12H16N4. The topological polar surface area (TPSA) is 77.8 Å². The number of anilines is 2. The lowest BCUT2D eigenvalue weighted by atomic mass is 9.74. The molecule has 1 aromatic rings. The van der Waals surface area contributed by atoms with E-state index in [2.05, 4.69) is 16.0 Å². The fourth-order valence-electron chi connectivity index (χ4n) is 3.07. The molecule has 0 aliphatic heterocycles. The monoisotopic (exact) mass is 216 g/mol. The van der Waals surface area contributed by atoms with Gasteiger partial charge in [-0.2, -0.15) is 4.98 Å². The van der Waals surface area contributed by atoms with E-state index in [4.69, 9.17) is 11.5 Å². The SMILES string of the molecule is Nc1nc(N)c2c(n1)C1(CC=C2)CCCC1. The molecule has 0 bridgehead atoms. The molecule has 2 aliphatic rings. The molecule has 0 radical (unpaired) electrons.